The van der Waals surface area contributed by atoms with Crippen LogP contribution in [-0.4, -0.2) is 24.2 Å². The summed E-state index contributed by atoms with van der Waals surface area (Å²) in [7, 11) is -3.48. The largest absolute Gasteiger partial charge is 0.250 e. The molecule has 28 heavy (non-hydrogen) atoms. The lowest BCUT2D eigenvalue weighted by atomic mass is 9.96. The van der Waals surface area contributed by atoms with Crippen molar-refractivity contribution in [1.29, 1.82) is 0 Å². The molecular formula is C20H20BrN3O2S2. The zero-order valence-corrected chi connectivity index (χ0v) is 18.7. The summed E-state index contributed by atoms with van der Waals surface area (Å²) in [4.78, 5) is 0. The molecule has 146 valence electrons. The lowest BCUT2D eigenvalue weighted by Crippen LogP contribution is -2.32. The van der Waals surface area contributed by atoms with Crippen molar-refractivity contribution in [3.8, 4) is 5.69 Å². The third kappa shape index (κ3) is 3.74. The zero-order valence-electron chi connectivity index (χ0n) is 15.5. The Morgan fingerprint density at radius 1 is 1.21 bits per heavy atom. The number of sulfonamides is 1. The molecule has 1 aromatic carbocycles. The van der Waals surface area contributed by atoms with Crippen LogP contribution in [0.5, 0.6) is 0 Å². The van der Waals surface area contributed by atoms with E-state index in [9.17, 15) is 8.42 Å². The summed E-state index contributed by atoms with van der Waals surface area (Å²) < 4.78 is 31.1. The van der Waals surface area contributed by atoms with E-state index in [1.165, 1.54) is 11.3 Å². The first-order valence-electron chi connectivity index (χ1n) is 8.91. The normalized spacial score (nSPS) is 19.4. The van der Waals surface area contributed by atoms with E-state index in [4.69, 9.17) is 5.10 Å². The van der Waals surface area contributed by atoms with Gasteiger partial charge in [0, 0.05) is 27.7 Å². The summed E-state index contributed by atoms with van der Waals surface area (Å²) in [5.41, 5.74) is 4.20. The van der Waals surface area contributed by atoms with Gasteiger partial charge in [-0.15, -0.1) is 11.3 Å². The van der Waals surface area contributed by atoms with Gasteiger partial charge in [0.25, 0.3) is 10.0 Å². The highest BCUT2D eigenvalue weighted by atomic mass is 79.9. The Morgan fingerprint density at radius 2 is 2.04 bits per heavy atom. The molecule has 2 heterocycles. The monoisotopic (exact) mass is 477 g/mol. The molecule has 2 aromatic heterocycles. The Kier molecular flexibility index (Phi) is 5.30. The molecule has 3 aromatic rings. The highest BCUT2D eigenvalue weighted by Gasteiger charge is 2.29. The average molecular weight is 478 g/mol. The summed E-state index contributed by atoms with van der Waals surface area (Å²) in [5, 5.41) is 6.50. The Balaban J connectivity index is 1.56. The van der Waals surface area contributed by atoms with Gasteiger partial charge in [-0.3, -0.25) is 0 Å². The maximum atomic E-state index is 12.5. The van der Waals surface area contributed by atoms with Crippen molar-refractivity contribution in [3.05, 3.63) is 75.4 Å². The molecule has 5 nitrogen and oxygen atoms in total. The first-order chi connectivity index (χ1) is 13.3. The van der Waals surface area contributed by atoms with Crippen LogP contribution in [0.4, 0.5) is 0 Å². The molecule has 0 fully saturated rings. The molecule has 8 heteroatoms. The molecule has 1 N–H and O–H groups in total. The second kappa shape index (κ2) is 7.59. The van der Waals surface area contributed by atoms with Crippen LogP contribution < -0.4 is 4.72 Å². The molecule has 1 aliphatic rings. The van der Waals surface area contributed by atoms with Gasteiger partial charge in [-0.1, -0.05) is 40.2 Å². The van der Waals surface area contributed by atoms with Crippen molar-refractivity contribution >= 4 is 37.3 Å². The van der Waals surface area contributed by atoms with E-state index < -0.39 is 10.0 Å². The molecule has 0 radical (unpaired) electrons. The number of rotatable bonds is 5. The van der Waals surface area contributed by atoms with E-state index in [1.807, 2.05) is 41.9 Å². The number of hydrogen-bond donors (Lipinski definition) is 1. The minimum absolute atomic E-state index is 0.136. The van der Waals surface area contributed by atoms with Crippen LogP contribution >= 0.6 is 27.3 Å². The minimum Gasteiger partial charge on any atom is -0.238 e. The molecule has 0 amide bonds. The third-order valence-corrected chi connectivity index (χ3v) is 8.30. The first kappa shape index (κ1) is 19.6. The van der Waals surface area contributed by atoms with Crippen LogP contribution in [0.3, 0.4) is 0 Å². The number of halogens is 1. The first-order valence-corrected chi connectivity index (χ1v) is 12.1. The number of aryl methyl sites for hydroxylation is 1. The maximum Gasteiger partial charge on any atom is 0.250 e. The lowest BCUT2D eigenvalue weighted by Gasteiger charge is -2.14. The van der Waals surface area contributed by atoms with Gasteiger partial charge in [0.1, 0.15) is 4.21 Å². The van der Waals surface area contributed by atoms with Crippen molar-refractivity contribution in [3.63, 3.8) is 0 Å². The Bertz CT molecular complexity index is 1130. The zero-order chi connectivity index (χ0) is 19.9. The van der Waals surface area contributed by atoms with Gasteiger partial charge in [0.2, 0.25) is 0 Å². The molecule has 0 aliphatic heterocycles. The average Bonchev–Trinajstić information content (AvgIpc) is 3.36. The molecule has 0 bridgehead atoms. The molecule has 0 saturated heterocycles. The van der Waals surface area contributed by atoms with Crippen LogP contribution in [0, 0.1) is 13.8 Å². The SMILES string of the molecule is Cc1nn(-c2cccc(Br)c2)c(C)c1C1C=CC(NS(=O)(=O)c2cccs2)C1. The molecule has 2 unspecified atom stereocenters. The van der Waals surface area contributed by atoms with Gasteiger partial charge >= 0.3 is 0 Å². The fourth-order valence-corrected chi connectivity index (χ4v) is 6.33. The second-order valence-electron chi connectivity index (χ2n) is 6.86. The molecule has 2 atom stereocenters. The Hall–Kier alpha value is -1.74. The number of benzene rings is 1. The van der Waals surface area contributed by atoms with Crippen LogP contribution in [-0.2, 0) is 10.0 Å². The number of allylic oxidation sites excluding steroid dienone is 1. The van der Waals surface area contributed by atoms with Gasteiger partial charge < -0.3 is 0 Å². The standard InChI is InChI=1S/C20H20BrN3O2S2/c1-13-20(14(2)24(22-13)18-6-3-5-16(21)12-18)15-8-9-17(11-15)23-28(25,26)19-7-4-10-27-19/h3-10,12,15,17,23H,11H2,1-2H3. The fourth-order valence-electron chi connectivity index (χ4n) is 3.72. The number of aromatic nitrogens is 2. The molecular weight excluding hydrogens is 458 g/mol. The van der Waals surface area contributed by atoms with Crippen LogP contribution in [0.2, 0.25) is 0 Å². The highest BCUT2D eigenvalue weighted by Crippen LogP contribution is 2.34. The Labute approximate surface area is 177 Å². The molecule has 0 saturated carbocycles. The predicted octanol–water partition coefficient (Wildman–Crippen LogP) is 4.70. The number of hydrogen-bond acceptors (Lipinski definition) is 4. The van der Waals surface area contributed by atoms with E-state index in [0.717, 1.165) is 27.1 Å². The lowest BCUT2D eigenvalue weighted by molar-refractivity contribution is 0.565. The van der Waals surface area contributed by atoms with Crippen molar-refractivity contribution in [2.75, 3.05) is 0 Å². The quantitative estimate of drug-likeness (QED) is 0.541. The summed E-state index contributed by atoms with van der Waals surface area (Å²) >= 11 is 4.74. The van der Waals surface area contributed by atoms with Crippen molar-refractivity contribution < 1.29 is 8.42 Å². The number of thiophene rings is 1. The number of nitrogens with zero attached hydrogens (tertiary/aromatic N) is 2. The molecule has 0 spiro atoms. The van der Waals surface area contributed by atoms with Gasteiger partial charge in [0.05, 0.1) is 11.4 Å². The highest BCUT2D eigenvalue weighted by molar-refractivity contribution is 9.10. The summed E-state index contributed by atoms with van der Waals surface area (Å²) in [6, 6.07) is 11.2. The second-order valence-corrected chi connectivity index (χ2v) is 10.7. The molecule has 4 rings (SSSR count). The van der Waals surface area contributed by atoms with Gasteiger partial charge in [-0.25, -0.2) is 17.8 Å². The smallest absolute Gasteiger partial charge is 0.238 e. The van der Waals surface area contributed by atoms with Crippen molar-refractivity contribution in [2.45, 2.75) is 36.4 Å². The van der Waals surface area contributed by atoms with E-state index in [-0.39, 0.29) is 12.0 Å². The van der Waals surface area contributed by atoms with E-state index in [0.29, 0.717) is 10.6 Å². The van der Waals surface area contributed by atoms with Gasteiger partial charge in [-0.2, -0.15) is 5.10 Å². The van der Waals surface area contributed by atoms with Gasteiger partial charge in [-0.05, 0) is 49.9 Å². The topological polar surface area (TPSA) is 64.0 Å². The fraction of sp³-hybridized carbons (Fsp3) is 0.250. The van der Waals surface area contributed by atoms with Crippen molar-refractivity contribution in [2.24, 2.45) is 0 Å². The van der Waals surface area contributed by atoms with Crippen molar-refractivity contribution in [1.82, 2.24) is 14.5 Å². The summed E-state index contributed by atoms with van der Waals surface area (Å²) in [5.74, 6) is 0.136. The van der Waals surface area contributed by atoms with Crippen LogP contribution in [0.1, 0.15) is 29.3 Å². The van der Waals surface area contributed by atoms with E-state index >= 15 is 0 Å². The maximum absolute atomic E-state index is 12.5. The summed E-state index contributed by atoms with van der Waals surface area (Å²) in [6.45, 7) is 4.07. The van der Waals surface area contributed by atoms with Crippen LogP contribution in [0.15, 0.2) is 62.6 Å². The molecule has 1 aliphatic carbocycles. The summed E-state index contributed by atoms with van der Waals surface area (Å²) in [6.07, 6.45) is 4.73. The van der Waals surface area contributed by atoms with Crippen LogP contribution in [0.25, 0.3) is 5.69 Å². The minimum atomic E-state index is -3.48. The van der Waals surface area contributed by atoms with E-state index in [1.54, 1.807) is 17.5 Å². The predicted molar refractivity (Wildman–Crippen MR) is 116 cm³/mol. The van der Waals surface area contributed by atoms with E-state index in [2.05, 4.69) is 33.7 Å². The number of nitrogens with one attached hydrogen (secondary N) is 1. The van der Waals surface area contributed by atoms with Gasteiger partial charge in [0.15, 0.2) is 0 Å². The third-order valence-electron chi connectivity index (χ3n) is 4.92. The Morgan fingerprint density at radius 3 is 2.75 bits per heavy atom.